The molecule has 0 fully saturated rings. The number of nitrogens with zero attached hydrogens (tertiary/aromatic N) is 1. The van der Waals surface area contributed by atoms with Crippen LogP contribution in [0.5, 0.6) is 5.75 Å². The van der Waals surface area contributed by atoms with Gasteiger partial charge in [-0.2, -0.15) is 0 Å². The fraction of sp³-hybridized carbons (Fsp3) is 0.571. The van der Waals surface area contributed by atoms with Gasteiger partial charge in [0, 0.05) is 6.21 Å². The molecule has 1 rings (SSSR count). The van der Waals surface area contributed by atoms with E-state index in [-0.39, 0.29) is 6.10 Å². The first-order valence-electron chi connectivity index (χ1n) is 8.92. The third-order valence-electron chi connectivity index (χ3n) is 4.01. The van der Waals surface area contributed by atoms with Gasteiger partial charge in [0.25, 0.3) is 0 Å². The van der Waals surface area contributed by atoms with Gasteiger partial charge in [0.15, 0.2) is 0 Å². The van der Waals surface area contributed by atoms with E-state index in [4.69, 9.17) is 4.74 Å². The maximum Gasteiger partial charge on any atom is 0.145 e. The van der Waals surface area contributed by atoms with E-state index in [2.05, 4.69) is 51.7 Å². The number of aliphatic imine (C=N–C) groups is 1. The van der Waals surface area contributed by atoms with Gasteiger partial charge in [0.1, 0.15) is 17.5 Å². The first kappa shape index (κ1) is 19.5. The molecule has 0 aliphatic carbocycles. The van der Waals surface area contributed by atoms with Crippen molar-refractivity contribution in [3.05, 3.63) is 35.4 Å². The summed E-state index contributed by atoms with van der Waals surface area (Å²) in [5, 5.41) is 0. The van der Waals surface area contributed by atoms with E-state index in [1.54, 1.807) is 0 Å². The molecule has 2 nitrogen and oxygen atoms in total. The molecule has 128 valence electrons. The number of hydrogen-bond acceptors (Lipinski definition) is 2. The van der Waals surface area contributed by atoms with Crippen molar-refractivity contribution in [2.75, 3.05) is 0 Å². The van der Waals surface area contributed by atoms with Gasteiger partial charge >= 0.3 is 0 Å². The van der Waals surface area contributed by atoms with Crippen molar-refractivity contribution in [3.63, 3.8) is 0 Å². The Kier molecular flexibility index (Phi) is 8.68. The van der Waals surface area contributed by atoms with E-state index in [9.17, 15) is 0 Å². The molecule has 0 saturated carbocycles. The van der Waals surface area contributed by atoms with Gasteiger partial charge in [0.05, 0.1) is 0 Å². The summed E-state index contributed by atoms with van der Waals surface area (Å²) in [4.78, 5) is 4.61. The van der Waals surface area contributed by atoms with E-state index >= 15 is 0 Å². The second-order valence-corrected chi connectivity index (χ2v) is 6.63. The van der Waals surface area contributed by atoms with Gasteiger partial charge in [-0.15, -0.1) is 0 Å². The van der Waals surface area contributed by atoms with Crippen molar-refractivity contribution >= 4 is 11.9 Å². The fourth-order valence-electron chi connectivity index (χ4n) is 2.67. The summed E-state index contributed by atoms with van der Waals surface area (Å²) in [5.41, 5.74) is 3.34. The van der Waals surface area contributed by atoms with Gasteiger partial charge < -0.3 is 4.74 Å². The second-order valence-electron chi connectivity index (χ2n) is 6.63. The highest BCUT2D eigenvalue weighted by Crippen LogP contribution is 2.34. The number of aryl methyl sites for hydroxylation is 2. The molecule has 0 aliphatic heterocycles. The minimum Gasteiger partial charge on any atom is -0.488 e. The Bertz CT molecular complexity index is 529. The Morgan fingerprint density at radius 1 is 1.17 bits per heavy atom. The summed E-state index contributed by atoms with van der Waals surface area (Å²) in [7, 11) is 0. The largest absolute Gasteiger partial charge is 0.488 e. The third kappa shape index (κ3) is 6.60. The molecule has 0 spiro atoms. The highest BCUT2D eigenvalue weighted by atomic mass is 16.5. The maximum absolute atomic E-state index is 6.41. The lowest BCUT2D eigenvalue weighted by Crippen LogP contribution is -2.23. The van der Waals surface area contributed by atoms with E-state index < -0.39 is 0 Å². The summed E-state index contributed by atoms with van der Waals surface area (Å²) in [6, 6.07) is 4.28. The van der Waals surface area contributed by atoms with Crippen LogP contribution in [0.15, 0.2) is 29.3 Å². The van der Waals surface area contributed by atoms with Crippen LogP contribution in [-0.4, -0.2) is 12.3 Å². The number of rotatable bonds is 9. The van der Waals surface area contributed by atoms with Crippen LogP contribution in [0.25, 0.3) is 0 Å². The molecule has 1 aromatic rings. The van der Waals surface area contributed by atoms with Crippen molar-refractivity contribution in [1.29, 1.82) is 0 Å². The maximum atomic E-state index is 6.41. The number of unbranched alkanes of at least 4 members (excludes halogenated alkanes) is 2. The molecule has 2 heteroatoms. The molecular formula is C21H33NO. The molecule has 0 amide bonds. The lowest BCUT2D eigenvalue weighted by molar-refractivity contribution is 0.139. The lowest BCUT2D eigenvalue weighted by atomic mass is 10.0. The zero-order valence-electron chi connectivity index (χ0n) is 15.7. The molecule has 1 aromatic carbocycles. The number of benzene rings is 1. The molecule has 1 unspecified atom stereocenters. The Balaban J connectivity index is 3.03. The number of hydrogen-bond donors (Lipinski definition) is 0. The standard InChI is InChI=1S/C21H33NO/c1-7-9-11-12-19(16(3)4)23-20-15-17(5)14-18(6)21(20)22-13-10-8-2/h8,10,13-16,19H,7,9,11-12H2,1-6H3/b10-8+,22-13?. The predicted molar refractivity (Wildman–Crippen MR) is 102 cm³/mol. The van der Waals surface area contributed by atoms with E-state index in [1.807, 2.05) is 25.3 Å². The summed E-state index contributed by atoms with van der Waals surface area (Å²) in [6.07, 6.45) is 10.9. The molecule has 23 heavy (non-hydrogen) atoms. The van der Waals surface area contributed by atoms with Gasteiger partial charge in [-0.1, -0.05) is 45.8 Å². The molecule has 0 N–H and O–H groups in total. The first-order valence-corrected chi connectivity index (χ1v) is 8.92. The van der Waals surface area contributed by atoms with Crippen LogP contribution >= 0.6 is 0 Å². The van der Waals surface area contributed by atoms with Gasteiger partial charge in [-0.25, -0.2) is 0 Å². The van der Waals surface area contributed by atoms with Crippen LogP contribution in [0.2, 0.25) is 0 Å². The van der Waals surface area contributed by atoms with E-state index in [1.165, 1.54) is 24.8 Å². The average Bonchev–Trinajstić information content (AvgIpc) is 2.48. The van der Waals surface area contributed by atoms with Crippen LogP contribution in [0.3, 0.4) is 0 Å². The van der Waals surface area contributed by atoms with Crippen molar-refractivity contribution in [2.45, 2.75) is 73.3 Å². The minimum absolute atomic E-state index is 0.249. The third-order valence-corrected chi connectivity index (χ3v) is 4.01. The highest BCUT2D eigenvalue weighted by Gasteiger charge is 2.17. The molecule has 0 aromatic heterocycles. The summed E-state index contributed by atoms with van der Waals surface area (Å²) >= 11 is 0. The predicted octanol–water partition coefficient (Wildman–Crippen LogP) is 6.57. The van der Waals surface area contributed by atoms with Gasteiger partial charge in [-0.05, 0) is 62.8 Å². The highest BCUT2D eigenvalue weighted by molar-refractivity contribution is 5.77. The summed E-state index contributed by atoms with van der Waals surface area (Å²) in [6.45, 7) is 12.9. The molecule has 0 heterocycles. The Labute approximate surface area is 142 Å². The zero-order valence-corrected chi connectivity index (χ0v) is 15.7. The van der Waals surface area contributed by atoms with Crippen LogP contribution in [0.4, 0.5) is 5.69 Å². The van der Waals surface area contributed by atoms with Crippen molar-refractivity contribution in [3.8, 4) is 5.75 Å². The summed E-state index contributed by atoms with van der Waals surface area (Å²) in [5.74, 6) is 1.42. The molecule has 1 atom stereocenters. The van der Waals surface area contributed by atoms with Crippen molar-refractivity contribution < 1.29 is 4.74 Å². The van der Waals surface area contributed by atoms with Crippen molar-refractivity contribution in [2.24, 2.45) is 10.9 Å². The fourth-order valence-corrected chi connectivity index (χ4v) is 2.67. The minimum atomic E-state index is 0.249. The Morgan fingerprint density at radius 2 is 1.91 bits per heavy atom. The summed E-state index contributed by atoms with van der Waals surface area (Å²) < 4.78 is 6.41. The van der Waals surface area contributed by atoms with Crippen LogP contribution in [-0.2, 0) is 0 Å². The van der Waals surface area contributed by atoms with Gasteiger partial charge in [-0.3, -0.25) is 4.99 Å². The topological polar surface area (TPSA) is 21.6 Å². The number of ether oxygens (including phenoxy) is 1. The smallest absolute Gasteiger partial charge is 0.145 e. The SMILES string of the molecule is C/C=C/C=Nc1c(C)cc(C)cc1OC(CCCCC)C(C)C. The number of allylic oxidation sites excluding steroid dienone is 2. The Hall–Kier alpha value is -1.57. The Morgan fingerprint density at radius 3 is 2.52 bits per heavy atom. The average molecular weight is 316 g/mol. The first-order chi connectivity index (χ1) is 11.0. The van der Waals surface area contributed by atoms with Crippen molar-refractivity contribution in [1.82, 2.24) is 0 Å². The van der Waals surface area contributed by atoms with Crippen LogP contribution < -0.4 is 4.74 Å². The van der Waals surface area contributed by atoms with Crippen LogP contribution in [0, 0.1) is 19.8 Å². The molecule has 0 bridgehead atoms. The second kappa shape index (κ2) is 10.3. The lowest BCUT2D eigenvalue weighted by Gasteiger charge is -2.24. The quantitative estimate of drug-likeness (QED) is 0.373. The monoisotopic (exact) mass is 315 g/mol. The molecule has 0 saturated heterocycles. The normalized spacial score (nSPS) is 13.3. The van der Waals surface area contributed by atoms with Gasteiger partial charge in [0.2, 0.25) is 0 Å². The molecule has 0 radical (unpaired) electrons. The molecular weight excluding hydrogens is 282 g/mol. The van der Waals surface area contributed by atoms with E-state index in [0.717, 1.165) is 23.4 Å². The van der Waals surface area contributed by atoms with Crippen LogP contribution in [0.1, 0.15) is 64.5 Å². The zero-order chi connectivity index (χ0) is 17.2. The molecule has 0 aliphatic rings. The van der Waals surface area contributed by atoms with E-state index in [0.29, 0.717) is 5.92 Å².